The Hall–Kier alpha value is -3.97. The molecule has 0 saturated carbocycles. The van der Waals surface area contributed by atoms with E-state index in [-0.39, 0.29) is 5.91 Å². The van der Waals surface area contributed by atoms with Crippen molar-refractivity contribution in [2.45, 2.75) is 19.1 Å². The number of carbonyl (C=O) groups excluding carboxylic acids is 1. The SMILES string of the molecule is CC(NC(=O)c1cc(-c2cc(Nc3ccccc3)ncn2)c[nH]1)C(O)c1ccccc1. The smallest absolute Gasteiger partial charge is 0.268 e. The Kier molecular flexibility index (Phi) is 6.05. The summed E-state index contributed by atoms with van der Waals surface area (Å²) < 4.78 is 0. The molecular formula is C24H23N5O2. The van der Waals surface area contributed by atoms with E-state index in [1.807, 2.05) is 66.7 Å². The van der Waals surface area contributed by atoms with Crippen molar-refractivity contribution in [1.82, 2.24) is 20.3 Å². The number of aliphatic hydroxyl groups is 1. The van der Waals surface area contributed by atoms with E-state index >= 15 is 0 Å². The van der Waals surface area contributed by atoms with E-state index in [0.717, 1.165) is 16.8 Å². The van der Waals surface area contributed by atoms with Crippen LogP contribution < -0.4 is 10.6 Å². The molecule has 0 aliphatic heterocycles. The Morgan fingerprint density at radius 2 is 1.71 bits per heavy atom. The van der Waals surface area contributed by atoms with Crippen LogP contribution in [0.2, 0.25) is 0 Å². The zero-order chi connectivity index (χ0) is 21.6. The summed E-state index contributed by atoms with van der Waals surface area (Å²) >= 11 is 0. The number of aliphatic hydroxyl groups excluding tert-OH is 1. The highest BCUT2D eigenvalue weighted by Gasteiger charge is 2.20. The molecule has 156 valence electrons. The van der Waals surface area contributed by atoms with E-state index in [1.165, 1.54) is 6.33 Å². The monoisotopic (exact) mass is 413 g/mol. The van der Waals surface area contributed by atoms with Crippen LogP contribution >= 0.6 is 0 Å². The Morgan fingerprint density at radius 1 is 1.00 bits per heavy atom. The third kappa shape index (κ3) is 4.96. The van der Waals surface area contributed by atoms with Crippen molar-refractivity contribution in [2.75, 3.05) is 5.32 Å². The summed E-state index contributed by atoms with van der Waals surface area (Å²) in [6.07, 6.45) is 2.40. The van der Waals surface area contributed by atoms with E-state index < -0.39 is 12.1 Å². The number of benzene rings is 2. The molecule has 2 aromatic carbocycles. The minimum Gasteiger partial charge on any atom is -0.386 e. The Bertz CT molecular complexity index is 1140. The molecule has 2 unspecified atom stereocenters. The number of nitrogens with one attached hydrogen (secondary N) is 3. The van der Waals surface area contributed by atoms with E-state index in [4.69, 9.17) is 0 Å². The average molecular weight is 413 g/mol. The summed E-state index contributed by atoms with van der Waals surface area (Å²) in [6.45, 7) is 1.77. The lowest BCUT2D eigenvalue weighted by atomic mass is 10.0. The molecule has 0 aliphatic rings. The third-order valence-corrected chi connectivity index (χ3v) is 4.91. The third-order valence-electron chi connectivity index (χ3n) is 4.91. The Balaban J connectivity index is 1.44. The van der Waals surface area contributed by atoms with E-state index in [0.29, 0.717) is 17.2 Å². The van der Waals surface area contributed by atoms with E-state index in [1.54, 1.807) is 19.2 Å². The van der Waals surface area contributed by atoms with Gasteiger partial charge in [0.1, 0.15) is 17.8 Å². The fourth-order valence-corrected chi connectivity index (χ4v) is 3.23. The molecule has 0 aliphatic carbocycles. The van der Waals surface area contributed by atoms with Crippen molar-refractivity contribution >= 4 is 17.4 Å². The van der Waals surface area contributed by atoms with Crippen LogP contribution in [0.5, 0.6) is 0 Å². The number of rotatable bonds is 7. The van der Waals surface area contributed by atoms with Crippen molar-refractivity contribution in [1.29, 1.82) is 0 Å². The average Bonchev–Trinajstić information content (AvgIpc) is 3.31. The van der Waals surface area contributed by atoms with Gasteiger partial charge in [0.2, 0.25) is 0 Å². The first-order chi connectivity index (χ1) is 15.1. The van der Waals surface area contributed by atoms with Crippen LogP contribution in [0.4, 0.5) is 11.5 Å². The number of carbonyl (C=O) groups is 1. The first-order valence-electron chi connectivity index (χ1n) is 9.97. The largest absolute Gasteiger partial charge is 0.386 e. The molecule has 4 rings (SSSR count). The molecular weight excluding hydrogens is 390 g/mol. The number of aromatic nitrogens is 3. The van der Waals surface area contributed by atoms with Gasteiger partial charge in [-0.05, 0) is 30.7 Å². The van der Waals surface area contributed by atoms with Crippen molar-refractivity contribution in [3.05, 3.63) is 96.6 Å². The normalized spacial score (nSPS) is 12.7. The fraction of sp³-hybridized carbons (Fsp3) is 0.125. The van der Waals surface area contributed by atoms with Crippen LogP contribution in [0, 0.1) is 0 Å². The predicted molar refractivity (Wildman–Crippen MR) is 120 cm³/mol. The summed E-state index contributed by atoms with van der Waals surface area (Å²) in [7, 11) is 0. The van der Waals surface area contributed by atoms with Gasteiger partial charge in [-0.25, -0.2) is 9.97 Å². The second-order valence-corrected chi connectivity index (χ2v) is 7.20. The molecule has 7 nitrogen and oxygen atoms in total. The van der Waals surface area contributed by atoms with Crippen LogP contribution in [0.25, 0.3) is 11.3 Å². The quantitative estimate of drug-likeness (QED) is 0.366. The van der Waals surface area contributed by atoms with Gasteiger partial charge in [-0.3, -0.25) is 4.79 Å². The highest BCUT2D eigenvalue weighted by atomic mass is 16.3. The highest BCUT2D eigenvalue weighted by Crippen LogP contribution is 2.22. The molecule has 4 aromatic rings. The van der Waals surface area contributed by atoms with Crippen molar-refractivity contribution in [3.63, 3.8) is 0 Å². The molecule has 31 heavy (non-hydrogen) atoms. The maximum absolute atomic E-state index is 12.6. The Morgan fingerprint density at radius 3 is 2.45 bits per heavy atom. The lowest BCUT2D eigenvalue weighted by Gasteiger charge is -2.20. The molecule has 0 fully saturated rings. The summed E-state index contributed by atoms with van der Waals surface area (Å²) in [5.41, 5.74) is 3.51. The number of amides is 1. The summed E-state index contributed by atoms with van der Waals surface area (Å²) in [6, 6.07) is 22.1. The topological polar surface area (TPSA) is 103 Å². The van der Waals surface area contributed by atoms with Crippen molar-refractivity contribution in [3.8, 4) is 11.3 Å². The highest BCUT2D eigenvalue weighted by molar-refractivity contribution is 5.94. The first kappa shape index (κ1) is 20.3. The molecule has 0 saturated heterocycles. The van der Waals surface area contributed by atoms with Crippen molar-refractivity contribution in [2.24, 2.45) is 0 Å². The van der Waals surface area contributed by atoms with E-state index in [9.17, 15) is 9.90 Å². The number of anilines is 2. The van der Waals surface area contributed by atoms with Gasteiger partial charge in [0.15, 0.2) is 0 Å². The molecule has 0 radical (unpaired) electrons. The number of nitrogens with zero attached hydrogens (tertiary/aromatic N) is 2. The van der Waals surface area contributed by atoms with Crippen LogP contribution in [0.15, 0.2) is 85.3 Å². The fourth-order valence-electron chi connectivity index (χ4n) is 3.23. The molecule has 7 heteroatoms. The number of hydrogen-bond acceptors (Lipinski definition) is 5. The van der Waals surface area contributed by atoms with Gasteiger partial charge in [-0.2, -0.15) is 0 Å². The first-order valence-corrected chi connectivity index (χ1v) is 9.97. The van der Waals surface area contributed by atoms with Gasteiger partial charge in [0, 0.05) is 23.5 Å². The van der Waals surface area contributed by atoms with Crippen LogP contribution in [-0.4, -0.2) is 32.0 Å². The minimum atomic E-state index is -0.798. The maximum atomic E-state index is 12.6. The molecule has 0 spiro atoms. The molecule has 1 amide bonds. The minimum absolute atomic E-state index is 0.301. The molecule has 4 N–H and O–H groups in total. The van der Waals surface area contributed by atoms with E-state index in [2.05, 4.69) is 25.6 Å². The van der Waals surface area contributed by atoms with Crippen LogP contribution in [0.3, 0.4) is 0 Å². The molecule has 2 aromatic heterocycles. The Labute approximate surface area is 180 Å². The number of para-hydroxylation sites is 1. The summed E-state index contributed by atoms with van der Waals surface area (Å²) in [5.74, 6) is 0.355. The standard InChI is InChI=1S/C24H23N5O2/c1-16(23(30)17-8-4-2-5-9-17)28-24(31)21-12-18(14-25-21)20-13-22(27-15-26-20)29-19-10-6-3-7-11-19/h2-16,23,25,30H,1H3,(H,28,31)(H,26,27,29). The van der Waals surface area contributed by atoms with Gasteiger partial charge < -0.3 is 20.7 Å². The summed E-state index contributed by atoms with van der Waals surface area (Å²) in [4.78, 5) is 24.2. The summed E-state index contributed by atoms with van der Waals surface area (Å²) in [5, 5.41) is 16.5. The number of aromatic amines is 1. The second-order valence-electron chi connectivity index (χ2n) is 7.20. The number of H-pyrrole nitrogens is 1. The lowest BCUT2D eigenvalue weighted by Crippen LogP contribution is -2.37. The van der Waals surface area contributed by atoms with Gasteiger partial charge >= 0.3 is 0 Å². The van der Waals surface area contributed by atoms with Crippen LogP contribution in [0.1, 0.15) is 29.1 Å². The lowest BCUT2D eigenvalue weighted by molar-refractivity contribution is 0.0848. The second kappa shape index (κ2) is 9.23. The van der Waals surface area contributed by atoms with Crippen molar-refractivity contribution < 1.29 is 9.90 Å². The van der Waals surface area contributed by atoms with Gasteiger partial charge in [0.05, 0.1) is 17.8 Å². The molecule has 0 bridgehead atoms. The maximum Gasteiger partial charge on any atom is 0.268 e. The van der Waals surface area contributed by atoms with Gasteiger partial charge in [-0.15, -0.1) is 0 Å². The molecule has 2 atom stereocenters. The zero-order valence-electron chi connectivity index (χ0n) is 17.0. The van der Waals surface area contributed by atoms with Gasteiger partial charge in [-0.1, -0.05) is 48.5 Å². The predicted octanol–water partition coefficient (Wildman–Crippen LogP) is 4.07. The zero-order valence-corrected chi connectivity index (χ0v) is 17.0. The number of hydrogen-bond donors (Lipinski definition) is 4. The van der Waals surface area contributed by atoms with Crippen LogP contribution in [-0.2, 0) is 0 Å². The van der Waals surface area contributed by atoms with Gasteiger partial charge in [0.25, 0.3) is 5.91 Å². The molecule has 2 heterocycles.